The molecule has 19 heavy (non-hydrogen) atoms. The molecule has 0 saturated carbocycles. The quantitative estimate of drug-likeness (QED) is 0.431. The molecule has 0 atom stereocenters. The Balaban J connectivity index is 1.95. The Bertz CT molecular complexity index is 787. The second-order valence-electron chi connectivity index (χ2n) is 5.16. The first-order chi connectivity index (χ1) is 9.31. The predicted molar refractivity (Wildman–Crippen MR) is 78.0 cm³/mol. The van der Waals surface area contributed by atoms with E-state index in [-0.39, 0.29) is 0 Å². The molecule has 0 amide bonds. The number of ether oxygens (including phenoxy) is 1. The number of rotatable bonds is 0. The standard InChI is InChI=1S/C18H14O/c1-12-6-7-14-11-15-9-8-13-4-2-3-5-16(13)18(15)19-17(14)10-12/h2-10H,11H2,1H3. The summed E-state index contributed by atoms with van der Waals surface area (Å²) in [4.78, 5) is 0. The van der Waals surface area contributed by atoms with Gasteiger partial charge in [-0.3, -0.25) is 0 Å². The minimum atomic E-state index is 0.954. The summed E-state index contributed by atoms with van der Waals surface area (Å²) in [5, 5.41) is 2.43. The van der Waals surface area contributed by atoms with Gasteiger partial charge in [-0.1, -0.05) is 48.5 Å². The number of hydrogen-bond donors (Lipinski definition) is 0. The van der Waals surface area contributed by atoms with Crippen LogP contribution < -0.4 is 4.74 Å². The summed E-state index contributed by atoms with van der Waals surface area (Å²) in [6.07, 6.45) is 0.954. The van der Waals surface area contributed by atoms with Crippen molar-refractivity contribution in [1.29, 1.82) is 0 Å². The lowest BCUT2D eigenvalue weighted by atomic mass is 9.96. The van der Waals surface area contributed by atoms with E-state index in [2.05, 4.69) is 61.5 Å². The van der Waals surface area contributed by atoms with Gasteiger partial charge in [0.15, 0.2) is 0 Å². The van der Waals surface area contributed by atoms with E-state index in [1.165, 1.54) is 27.5 Å². The van der Waals surface area contributed by atoms with Gasteiger partial charge in [-0.05, 0) is 35.1 Å². The highest BCUT2D eigenvalue weighted by molar-refractivity contribution is 5.90. The summed E-state index contributed by atoms with van der Waals surface area (Å²) in [7, 11) is 0. The summed E-state index contributed by atoms with van der Waals surface area (Å²) in [6.45, 7) is 2.10. The fourth-order valence-electron chi connectivity index (χ4n) is 2.77. The zero-order valence-electron chi connectivity index (χ0n) is 10.8. The van der Waals surface area contributed by atoms with E-state index in [1.807, 2.05) is 0 Å². The van der Waals surface area contributed by atoms with Crippen molar-refractivity contribution in [2.45, 2.75) is 13.3 Å². The highest BCUT2D eigenvalue weighted by Crippen LogP contribution is 2.41. The third kappa shape index (κ3) is 1.62. The zero-order chi connectivity index (χ0) is 12.8. The second-order valence-corrected chi connectivity index (χ2v) is 5.16. The van der Waals surface area contributed by atoms with E-state index < -0.39 is 0 Å². The van der Waals surface area contributed by atoms with Crippen LogP contribution in [0.1, 0.15) is 16.7 Å². The van der Waals surface area contributed by atoms with Crippen LogP contribution in [-0.4, -0.2) is 0 Å². The maximum atomic E-state index is 6.17. The Morgan fingerprint density at radius 2 is 1.74 bits per heavy atom. The van der Waals surface area contributed by atoms with Crippen LogP contribution in [0.15, 0.2) is 54.6 Å². The first-order valence-electron chi connectivity index (χ1n) is 6.59. The number of fused-ring (bicyclic) bond motifs is 4. The SMILES string of the molecule is Cc1ccc2c(c1)Oc1c(ccc3ccccc13)C2. The Morgan fingerprint density at radius 1 is 0.895 bits per heavy atom. The van der Waals surface area contributed by atoms with Gasteiger partial charge < -0.3 is 4.74 Å². The monoisotopic (exact) mass is 246 g/mol. The average molecular weight is 246 g/mol. The van der Waals surface area contributed by atoms with Gasteiger partial charge in [0, 0.05) is 11.8 Å². The van der Waals surface area contributed by atoms with Gasteiger partial charge in [0.2, 0.25) is 0 Å². The second kappa shape index (κ2) is 3.86. The first-order valence-corrected chi connectivity index (χ1v) is 6.59. The number of benzene rings is 3. The molecule has 0 fully saturated rings. The molecule has 0 aromatic heterocycles. The van der Waals surface area contributed by atoms with Crippen LogP contribution in [0.25, 0.3) is 10.8 Å². The molecular weight excluding hydrogens is 232 g/mol. The van der Waals surface area contributed by atoms with Crippen molar-refractivity contribution in [3.63, 3.8) is 0 Å². The van der Waals surface area contributed by atoms with E-state index in [1.54, 1.807) is 0 Å². The van der Waals surface area contributed by atoms with Crippen LogP contribution in [0, 0.1) is 6.92 Å². The van der Waals surface area contributed by atoms with Crippen LogP contribution >= 0.6 is 0 Å². The molecule has 3 aromatic carbocycles. The molecule has 0 bridgehead atoms. The fourth-order valence-corrected chi connectivity index (χ4v) is 2.77. The summed E-state index contributed by atoms with van der Waals surface area (Å²) < 4.78 is 6.17. The Kier molecular flexibility index (Phi) is 2.16. The molecule has 0 N–H and O–H groups in total. The molecule has 4 rings (SSSR count). The van der Waals surface area contributed by atoms with E-state index in [0.29, 0.717) is 0 Å². The molecule has 0 spiro atoms. The first kappa shape index (κ1) is 10.6. The molecular formula is C18H14O. The normalized spacial score (nSPS) is 12.7. The van der Waals surface area contributed by atoms with Crippen LogP contribution in [0.3, 0.4) is 0 Å². The van der Waals surface area contributed by atoms with Gasteiger partial charge in [-0.15, -0.1) is 0 Å². The molecule has 1 heteroatoms. The van der Waals surface area contributed by atoms with Crippen molar-refractivity contribution in [1.82, 2.24) is 0 Å². The third-order valence-electron chi connectivity index (χ3n) is 3.78. The van der Waals surface area contributed by atoms with Crippen molar-refractivity contribution in [3.05, 3.63) is 71.3 Å². The molecule has 1 heterocycles. The maximum Gasteiger partial charge on any atom is 0.138 e. The molecule has 0 aliphatic carbocycles. The van der Waals surface area contributed by atoms with Crippen LogP contribution in [-0.2, 0) is 6.42 Å². The summed E-state index contributed by atoms with van der Waals surface area (Å²) in [5.74, 6) is 2.03. The topological polar surface area (TPSA) is 9.23 Å². The van der Waals surface area contributed by atoms with Crippen molar-refractivity contribution in [3.8, 4) is 11.5 Å². The van der Waals surface area contributed by atoms with Crippen molar-refractivity contribution < 1.29 is 4.74 Å². The number of hydrogen-bond acceptors (Lipinski definition) is 1. The van der Waals surface area contributed by atoms with E-state index in [0.717, 1.165) is 17.9 Å². The van der Waals surface area contributed by atoms with E-state index in [9.17, 15) is 0 Å². The molecule has 3 aromatic rings. The molecule has 92 valence electrons. The average Bonchev–Trinajstić information content (AvgIpc) is 2.45. The van der Waals surface area contributed by atoms with Gasteiger partial charge in [-0.25, -0.2) is 0 Å². The number of aryl methyl sites for hydroxylation is 1. The highest BCUT2D eigenvalue weighted by atomic mass is 16.5. The lowest BCUT2D eigenvalue weighted by Crippen LogP contribution is -2.03. The summed E-state index contributed by atoms with van der Waals surface area (Å²) in [6, 6.07) is 19.2. The van der Waals surface area contributed by atoms with Gasteiger partial charge in [0.1, 0.15) is 11.5 Å². The molecule has 0 radical (unpaired) electrons. The van der Waals surface area contributed by atoms with Gasteiger partial charge >= 0.3 is 0 Å². The molecule has 1 aliphatic rings. The van der Waals surface area contributed by atoms with Gasteiger partial charge in [-0.2, -0.15) is 0 Å². The van der Waals surface area contributed by atoms with Crippen molar-refractivity contribution in [2.75, 3.05) is 0 Å². The Hall–Kier alpha value is -2.28. The minimum absolute atomic E-state index is 0.954. The largest absolute Gasteiger partial charge is 0.456 e. The Morgan fingerprint density at radius 3 is 2.68 bits per heavy atom. The molecule has 1 aliphatic heterocycles. The van der Waals surface area contributed by atoms with E-state index >= 15 is 0 Å². The highest BCUT2D eigenvalue weighted by Gasteiger charge is 2.18. The summed E-state index contributed by atoms with van der Waals surface area (Å²) in [5.41, 5.74) is 3.78. The predicted octanol–water partition coefficient (Wildman–Crippen LogP) is 4.84. The van der Waals surface area contributed by atoms with Crippen molar-refractivity contribution in [2.24, 2.45) is 0 Å². The smallest absolute Gasteiger partial charge is 0.138 e. The third-order valence-corrected chi connectivity index (χ3v) is 3.78. The molecule has 1 nitrogen and oxygen atoms in total. The molecule has 0 unspecified atom stereocenters. The van der Waals surface area contributed by atoms with E-state index in [4.69, 9.17) is 4.74 Å². The van der Waals surface area contributed by atoms with Gasteiger partial charge in [0.25, 0.3) is 0 Å². The minimum Gasteiger partial charge on any atom is -0.456 e. The Labute approximate surface area is 112 Å². The van der Waals surface area contributed by atoms with Gasteiger partial charge in [0.05, 0.1) is 0 Å². The zero-order valence-corrected chi connectivity index (χ0v) is 10.8. The lowest BCUT2D eigenvalue weighted by Gasteiger charge is -2.22. The lowest BCUT2D eigenvalue weighted by molar-refractivity contribution is 0.465. The molecule has 0 saturated heterocycles. The summed E-state index contributed by atoms with van der Waals surface area (Å²) >= 11 is 0. The maximum absolute atomic E-state index is 6.17. The van der Waals surface area contributed by atoms with Crippen LogP contribution in [0.5, 0.6) is 11.5 Å². The fraction of sp³-hybridized carbons (Fsp3) is 0.111. The van der Waals surface area contributed by atoms with Crippen molar-refractivity contribution >= 4 is 10.8 Å². The van der Waals surface area contributed by atoms with Crippen LogP contribution in [0.2, 0.25) is 0 Å². The van der Waals surface area contributed by atoms with Crippen LogP contribution in [0.4, 0.5) is 0 Å².